The third-order valence-corrected chi connectivity index (χ3v) is 3.45. The van der Waals surface area contributed by atoms with Gasteiger partial charge in [0.25, 0.3) is 0 Å². The van der Waals surface area contributed by atoms with E-state index in [0.29, 0.717) is 6.61 Å². The number of hydrogen-bond acceptors (Lipinski definition) is 2. The molecule has 1 heterocycles. The highest BCUT2D eigenvalue weighted by Crippen LogP contribution is 2.26. The van der Waals surface area contributed by atoms with E-state index in [1.807, 2.05) is 12.3 Å². The number of halogens is 1. The highest BCUT2D eigenvalue weighted by molar-refractivity contribution is 9.10. The normalized spacial score (nSPS) is 10.4. The number of rotatable bonds is 3. The summed E-state index contributed by atoms with van der Waals surface area (Å²) in [7, 11) is 0. The molecular weight excluding hydrogens is 290 g/mol. The van der Waals surface area contributed by atoms with Gasteiger partial charge in [-0.15, -0.1) is 0 Å². The third kappa shape index (κ3) is 2.91. The fraction of sp³-hybridized carbons (Fsp3) is 0.267. The highest BCUT2D eigenvalue weighted by atomic mass is 79.9. The molecule has 3 heteroatoms. The van der Waals surface area contributed by atoms with Gasteiger partial charge in [-0.05, 0) is 59.5 Å². The smallest absolute Gasteiger partial charge is 0.125 e. The van der Waals surface area contributed by atoms with Gasteiger partial charge in [-0.1, -0.05) is 12.1 Å². The van der Waals surface area contributed by atoms with Crippen LogP contribution in [0.15, 0.2) is 35.1 Å². The second kappa shape index (κ2) is 5.53. The summed E-state index contributed by atoms with van der Waals surface area (Å²) in [5, 5.41) is 0. The van der Waals surface area contributed by atoms with Crippen molar-refractivity contribution in [3.05, 3.63) is 57.3 Å². The molecule has 94 valence electrons. The van der Waals surface area contributed by atoms with E-state index in [1.165, 1.54) is 16.7 Å². The Labute approximate surface area is 116 Å². The van der Waals surface area contributed by atoms with Crippen molar-refractivity contribution < 1.29 is 4.74 Å². The molecule has 0 aliphatic carbocycles. The number of pyridine rings is 1. The summed E-state index contributed by atoms with van der Waals surface area (Å²) in [5.74, 6) is 0.981. The molecule has 0 N–H and O–H groups in total. The molecule has 0 unspecified atom stereocenters. The van der Waals surface area contributed by atoms with E-state index in [1.54, 1.807) is 6.20 Å². The quantitative estimate of drug-likeness (QED) is 0.841. The molecule has 2 aromatic rings. The fourth-order valence-corrected chi connectivity index (χ4v) is 2.25. The summed E-state index contributed by atoms with van der Waals surface area (Å²) < 4.78 is 6.90. The van der Waals surface area contributed by atoms with Crippen LogP contribution in [0.5, 0.6) is 5.75 Å². The van der Waals surface area contributed by atoms with Gasteiger partial charge in [-0.2, -0.15) is 0 Å². The summed E-state index contributed by atoms with van der Waals surface area (Å²) in [6.45, 7) is 6.80. The van der Waals surface area contributed by atoms with E-state index in [0.717, 1.165) is 15.8 Å². The number of aryl methyl sites for hydroxylation is 2. The topological polar surface area (TPSA) is 22.1 Å². The van der Waals surface area contributed by atoms with Crippen LogP contribution in [0.4, 0.5) is 0 Å². The molecule has 0 fully saturated rings. The van der Waals surface area contributed by atoms with Gasteiger partial charge < -0.3 is 4.74 Å². The van der Waals surface area contributed by atoms with Crippen molar-refractivity contribution in [3.63, 3.8) is 0 Å². The van der Waals surface area contributed by atoms with Crippen LogP contribution in [-0.2, 0) is 6.61 Å². The molecule has 1 aromatic heterocycles. The number of hydrogen-bond donors (Lipinski definition) is 0. The zero-order valence-electron chi connectivity index (χ0n) is 10.8. The molecule has 0 aliphatic rings. The summed E-state index contributed by atoms with van der Waals surface area (Å²) in [5.41, 5.74) is 4.69. The minimum Gasteiger partial charge on any atom is -0.488 e. The van der Waals surface area contributed by atoms with Crippen LogP contribution in [0.1, 0.15) is 22.3 Å². The van der Waals surface area contributed by atoms with Crippen LogP contribution >= 0.6 is 15.9 Å². The number of aromatic nitrogens is 1. The molecule has 0 spiro atoms. The Morgan fingerprint density at radius 1 is 1.11 bits per heavy atom. The maximum absolute atomic E-state index is 5.93. The van der Waals surface area contributed by atoms with Crippen molar-refractivity contribution in [2.24, 2.45) is 0 Å². The Balaban J connectivity index is 2.18. The van der Waals surface area contributed by atoms with Crippen molar-refractivity contribution in [1.82, 2.24) is 4.98 Å². The van der Waals surface area contributed by atoms with E-state index in [4.69, 9.17) is 4.74 Å². The van der Waals surface area contributed by atoms with Crippen LogP contribution in [-0.4, -0.2) is 4.98 Å². The average molecular weight is 306 g/mol. The minimum atomic E-state index is 0.539. The standard InChI is InChI=1S/C15H16BrNO/c1-10-4-5-11(2)15(12(10)3)18-9-13-6-14(16)8-17-7-13/h4-8H,9H2,1-3H3. The van der Waals surface area contributed by atoms with Gasteiger partial charge in [0.2, 0.25) is 0 Å². The Kier molecular flexibility index (Phi) is 4.02. The number of benzene rings is 1. The van der Waals surface area contributed by atoms with Gasteiger partial charge in [0, 0.05) is 22.4 Å². The van der Waals surface area contributed by atoms with Gasteiger partial charge in [-0.3, -0.25) is 4.98 Å². The molecule has 0 radical (unpaired) electrons. The molecule has 0 amide bonds. The Bertz CT molecular complexity index is 566. The summed E-state index contributed by atoms with van der Waals surface area (Å²) in [6, 6.07) is 6.24. The van der Waals surface area contributed by atoms with Crippen molar-refractivity contribution >= 4 is 15.9 Å². The lowest BCUT2D eigenvalue weighted by atomic mass is 10.1. The molecule has 2 rings (SSSR count). The predicted molar refractivity (Wildman–Crippen MR) is 76.9 cm³/mol. The lowest BCUT2D eigenvalue weighted by molar-refractivity contribution is 0.301. The van der Waals surface area contributed by atoms with E-state index in [9.17, 15) is 0 Å². The third-order valence-electron chi connectivity index (χ3n) is 3.02. The molecular formula is C15H16BrNO. The maximum atomic E-state index is 5.93. The summed E-state index contributed by atoms with van der Waals surface area (Å²) >= 11 is 3.41. The maximum Gasteiger partial charge on any atom is 0.125 e. The van der Waals surface area contributed by atoms with Crippen molar-refractivity contribution in [1.29, 1.82) is 0 Å². The first-order chi connectivity index (χ1) is 8.58. The second-order valence-electron chi connectivity index (χ2n) is 4.45. The molecule has 0 bridgehead atoms. The molecule has 0 saturated heterocycles. The molecule has 0 saturated carbocycles. The Hall–Kier alpha value is -1.35. The van der Waals surface area contributed by atoms with Gasteiger partial charge in [0.05, 0.1) is 0 Å². The van der Waals surface area contributed by atoms with Crippen molar-refractivity contribution in [2.45, 2.75) is 27.4 Å². The van der Waals surface area contributed by atoms with Crippen LogP contribution in [0.3, 0.4) is 0 Å². The van der Waals surface area contributed by atoms with Crippen LogP contribution in [0.25, 0.3) is 0 Å². The lowest BCUT2D eigenvalue weighted by Gasteiger charge is -2.14. The first-order valence-corrected chi connectivity index (χ1v) is 6.66. The minimum absolute atomic E-state index is 0.539. The van der Waals surface area contributed by atoms with Gasteiger partial charge in [0.15, 0.2) is 0 Å². The number of ether oxygens (including phenoxy) is 1. The lowest BCUT2D eigenvalue weighted by Crippen LogP contribution is -2.00. The zero-order valence-corrected chi connectivity index (χ0v) is 12.4. The second-order valence-corrected chi connectivity index (χ2v) is 5.37. The van der Waals surface area contributed by atoms with E-state index < -0.39 is 0 Å². The molecule has 2 nitrogen and oxygen atoms in total. The van der Waals surface area contributed by atoms with Crippen LogP contribution in [0.2, 0.25) is 0 Å². The SMILES string of the molecule is Cc1ccc(C)c(OCc2cncc(Br)c2)c1C. The monoisotopic (exact) mass is 305 g/mol. The molecule has 0 atom stereocenters. The zero-order chi connectivity index (χ0) is 13.1. The van der Waals surface area contributed by atoms with Crippen LogP contribution in [0, 0.1) is 20.8 Å². The molecule has 18 heavy (non-hydrogen) atoms. The van der Waals surface area contributed by atoms with Gasteiger partial charge in [-0.25, -0.2) is 0 Å². The molecule has 0 aliphatic heterocycles. The Morgan fingerprint density at radius 3 is 2.56 bits per heavy atom. The Morgan fingerprint density at radius 2 is 1.83 bits per heavy atom. The van der Waals surface area contributed by atoms with E-state index in [2.05, 4.69) is 53.8 Å². The average Bonchev–Trinajstić information content (AvgIpc) is 2.34. The van der Waals surface area contributed by atoms with Crippen molar-refractivity contribution in [2.75, 3.05) is 0 Å². The predicted octanol–water partition coefficient (Wildman–Crippen LogP) is 4.35. The first-order valence-electron chi connectivity index (χ1n) is 5.87. The van der Waals surface area contributed by atoms with E-state index >= 15 is 0 Å². The van der Waals surface area contributed by atoms with Gasteiger partial charge >= 0.3 is 0 Å². The summed E-state index contributed by atoms with van der Waals surface area (Å²) in [6.07, 6.45) is 3.60. The summed E-state index contributed by atoms with van der Waals surface area (Å²) in [4.78, 5) is 4.13. The number of nitrogens with zero attached hydrogens (tertiary/aromatic N) is 1. The highest BCUT2D eigenvalue weighted by Gasteiger charge is 2.06. The van der Waals surface area contributed by atoms with Crippen molar-refractivity contribution in [3.8, 4) is 5.75 Å². The van der Waals surface area contributed by atoms with E-state index in [-0.39, 0.29) is 0 Å². The van der Waals surface area contributed by atoms with Gasteiger partial charge in [0.1, 0.15) is 12.4 Å². The fourth-order valence-electron chi connectivity index (χ4n) is 1.84. The van der Waals surface area contributed by atoms with Crippen LogP contribution < -0.4 is 4.74 Å². The largest absolute Gasteiger partial charge is 0.488 e. The first kappa shape index (κ1) is 13.1. The molecule has 1 aromatic carbocycles.